The van der Waals surface area contributed by atoms with E-state index in [0.29, 0.717) is 18.9 Å². The van der Waals surface area contributed by atoms with Crippen LogP contribution in [0.1, 0.15) is 6.92 Å². The largest absolute Gasteiger partial charge is 0.378 e. The Bertz CT molecular complexity index is 989. The average molecular weight is 472 g/mol. The zero-order chi connectivity index (χ0) is 21.9. The van der Waals surface area contributed by atoms with Gasteiger partial charge in [-0.25, -0.2) is 8.42 Å². The van der Waals surface area contributed by atoms with Gasteiger partial charge < -0.3 is 15.0 Å². The third kappa shape index (κ3) is 5.57. The second-order valence-electron chi connectivity index (χ2n) is 7.00. The van der Waals surface area contributed by atoms with Crippen LogP contribution >= 0.6 is 23.2 Å². The van der Waals surface area contributed by atoms with Crippen LogP contribution in [0.15, 0.2) is 42.5 Å². The van der Waals surface area contributed by atoms with Crippen molar-refractivity contribution in [3.63, 3.8) is 0 Å². The van der Waals surface area contributed by atoms with E-state index < -0.39 is 22.0 Å². The van der Waals surface area contributed by atoms with Crippen molar-refractivity contribution in [1.82, 2.24) is 0 Å². The fourth-order valence-corrected chi connectivity index (χ4v) is 4.97. The van der Waals surface area contributed by atoms with Gasteiger partial charge in [0.2, 0.25) is 15.9 Å². The molecular weight excluding hydrogens is 449 g/mol. The third-order valence-electron chi connectivity index (χ3n) is 4.70. The molecule has 1 fully saturated rings. The van der Waals surface area contributed by atoms with Gasteiger partial charge in [0.1, 0.15) is 6.04 Å². The van der Waals surface area contributed by atoms with Gasteiger partial charge in [0, 0.05) is 34.5 Å². The molecule has 1 saturated heterocycles. The van der Waals surface area contributed by atoms with Crippen molar-refractivity contribution >= 4 is 56.2 Å². The summed E-state index contributed by atoms with van der Waals surface area (Å²) in [6.45, 7) is 4.51. The molecule has 0 aromatic heterocycles. The minimum atomic E-state index is -3.77. The second kappa shape index (κ2) is 9.43. The molecule has 30 heavy (non-hydrogen) atoms. The Morgan fingerprint density at radius 1 is 1.10 bits per heavy atom. The number of carbonyl (C=O) groups is 1. The Hall–Kier alpha value is -2.00. The minimum Gasteiger partial charge on any atom is -0.378 e. The fraction of sp³-hybridized carbons (Fsp3) is 0.350. The molecule has 0 aliphatic carbocycles. The molecule has 0 radical (unpaired) electrons. The maximum Gasteiger partial charge on any atom is 0.247 e. The van der Waals surface area contributed by atoms with Gasteiger partial charge in [0.15, 0.2) is 0 Å². The number of halogens is 2. The van der Waals surface area contributed by atoms with Crippen molar-refractivity contribution in [2.24, 2.45) is 0 Å². The van der Waals surface area contributed by atoms with Crippen molar-refractivity contribution in [1.29, 1.82) is 0 Å². The molecule has 2 aromatic carbocycles. The van der Waals surface area contributed by atoms with E-state index in [2.05, 4.69) is 10.2 Å². The van der Waals surface area contributed by atoms with Crippen LogP contribution in [0.4, 0.5) is 17.1 Å². The number of carbonyl (C=O) groups excluding carboxylic acids is 1. The Morgan fingerprint density at radius 2 is 1.67 bits per heavy atom. The lowest BCUT2D eigenvalue weighted by atomic mass is 10.2. The van der Waals surface area contributed by atoms with Gasteiger partial charge in [0.05, 0.1) is 25.2 Å². The lowest BCUT2D eigenvalue weighted by Gasteiger charge is -2.29. The summed E-state index contributed by atoms with van der Waals surface area (Å²) in [6, 6.07) is 10.8. The van der Waals surface area contributed by atoms with E-state index in [1.54, 1.807) is 12.1 Å². The molecular formula is C20H23Cl2N3O4S. The van der Waals surface area contributed by atoms with Gasteiger partial charge in [-0.15, -0.1) is 0 Å². The standard InChI is InChI=1S/C20H23Cl2N3O4S/c1-14(25(30(2,27)28)19-12-15(21)11-16(22)13-19)20(26)23-17-3-5-18(6-4-17)24-7-9-29-10-8-24/h3-6,11-14H,7-10H2,1-2H3,(H,23,26)/t14-/m1/s1. The van der Waals surface area contributed by atoms with Crippen LogP contribution in [0.5, 0.6) is 0 Å². The van der Waals surface area contributed by atoms with Crippen LogP contribution in [-0.4, -0.2) is 52.9 Å². The van der Waals surface area contributed by atoms with Gasteiger partial charge in [-0.05, 0) is 49.4 Å². The molecule has 10 heteroatoms. The molecule has 7 nitrogen and oxygen atoms in total. The number of amides is 1. The Kier molecular flexibility index (Phi) is 7.13. The molecule has 1 aliphatic rings. The molecule has 0 bridgehead atoms. The van der Waals surface area contributed by atoms with Gasteiger partial charge in [-0.1, -0.05) is 23.2 Å². The summed E-state index contributed by atoms with van der Waals surface area (Å²) >= 11 is 12.0. The normalized spacial score (nSPS) is 15.5. The molecule has 1 heterocycles. The predicted octanol–water partition coefficient (Wildman–Crippen LogP) is 3.62. The SMILES string of the molecule is C[C@H](C(=O)Nc1ccc(N2CCOCC2)cc1)N(c1cc(Cl)cc(Cl)c1)S(C)(=O)=O. The topological polar surface area (TPSA) is 79.0 Å². The van der Waals surface area contributed by atoms with Crippen LogP contribution < -0.4 is 14.5 Å². The monoisotopic (exact) mass is 471 g/mol. The quantitative estimate of drug-likeness (QED) is 0.695. The van der Waals surface area contributed by atoms with Crippen molar-refractivity contribution in [3.05, 3.63) is 52.5 Å². The number of hydrogen-bond acceptors (Lipinski definition) is 5. The fourth-order valence-electron chi connectivity index (χ4n) is 3.30. The molecule has 0 saturated carbocycles. The van der Waals surface area contributed by atoms with Crippen molar-refractivity contribution in [2.45, 2.75) is 13.0 Å². The van der Waals surface area contributed by atoms with E-state index in [0.717, 1.165) is 29.3 Å². The van der Waals surface area contributed by atoms with Crippen LogP contribution in [0.25, 0.3) is 0 Å². The van der Waals surface area contributed by atoms with Crippen molar-refractivity contribution in [3.8, 4) is 0 Å². The van der Waals surface area contributed by atoms with Gasteiger partial charge >= 0.3 is 0 Å². The van der Waals surface area contributed by atoms with Gasteiger partial charge in [0.25, 0.3) is 0 Å². The summed E-state index contributed by atoms with van der Waals surface area (Å²) in [7, 11) is -3.77. The summed E-state index contributed by atoms with van der Waals surface area (Å²) in [5.74, 6) is -0.476. The highest BCUT2D eigenvalue weighted by molar-refractivity contribution is 7.92. The average Bonchev–Trinajstić information content (AvgIpc) is 2.67. The molecule has 162 valence electrons. The third-order valence-corrected chi connectivity index (χ3v) is 6.38. The molecule has 2 aromatic rings. The van der Waals surface area contributed by atoms with Crippen molar-refractivity contribution in [2.75, 3.05) is 47.1 Å². The van der Waals surface area contributed by atoms with E-state index in [1.807, 2.05) is 12.1 Å². The molecule has 0 unspecified atom stereocenters. The van der Waals surface area contributed by atoms with E-state index in [9.17, 15) is 13.2 Å². The first-order chi connectivity index (χ1) is 14.1. The zero-order valence-electron chi connectivity index (χ0n) is 16.6. The number of hydrogen-bond donors (Lipinski definition) is 1. The number of sulfonamides is 1. The molecule has 1 amide bonds. The number of ether oxygens (including phenoxy) is 1. The van der Waals surface area contributed by atoms with Gasteiger partial charge in [-0.3, -0.25) is 9.10 Å². The summed E-state index contributed by atoms with van der Waals surface area (Å²) < 4.78 is 31.2. The van der Waals surface area contributed by atoms with E-state index in [-0.39, 0.29) is 15.7 Å². The second-order valence-corrected chi connectivity index (χ2v) is 9.73. The zero-order valence-corrected chi connectivity index (χ0v) is 19.0. The summed E-state index contributed by atoms with van der Waals surface area (Å²) in [6.07, 6.45) is 1.03. The van der Waals surface area contributed by atoms with Crippen LogP contribution in [0, 0.1) is 0 Å². The predicted molar refractivity (Wildman–Crippen MR) is 121 cm³/mol. The van der Waals surface area contributed by atoms with Crippen LogP contribution in [-0.2, 0) is 19.6 Å². The number of rotatable bonds is 6. The van der Waals surface area contributed by atoms with E-state index >= 15 is 0 Å². The first kappa shape index (κ1) is 22.7. The molecule has 1 aliphatic heterocycles. The molecule has 1 atom stereocenters. The number of nitrogens with zero attached hydrogens (tertiary/aromatic N) is 2. The van der Waals surface area contributed by atoms with Gasteiger partial charge in [-0.2, -0.15) is 0 Å². The number of nitrogens with one attached hydrogen (secondary N) is 1. The summed E-state index contributed by atoms with van der Waals surface area (Å²) in [5.41, 5.74) is 1.83. The Balaban J connectivity index is 1.77. The van der Waals surface area contributed by atoms with E-state index in [1.165, 1.54) is 25.1 Å². The Morgan fingerprint density at radius 3 is 2.20 bits per heavy atom. The molecule has 0 spiro atoms. The van der Waals surface area contributed by atoms with Crippen LogP contribution in [0.2, 0.25) is 10.0 Å². The first-order valence-electron chi connectivity index (χ1n) is 9.34. The highest BCUT2D eigenvalue weighted by Crippen LogP contribution is 2.29. The maximum absolute atomic E-state index is 12.8. The van der Waals surface area contributed by atoms with E-state index in [4.69, 9.17) is 27.9 Å². The highest BCUT2D eigenvalue weighted by atomic mass is 35.5. The maximum atomic E-state index is 12.8. The lowest BCUT2D eigenvalue weighted by molar-refractivity contribution is -0.116. The summed E-state index contributed by atoms with van der Waals surface area (Å²) in [5, 5.41) is 3.32. The number of benzene rings is 2. The first-order valence-corrected chi connectivity index (χ1v) is 11.9. The molecule has 3 rings (SSSR count). The molecule has 1 N–H and O–H groups in total. The highest BCUT2D eigenvalue weighted by Gasteiger charge is 2.29. The number of morpholine rings is 1. The summed E-state index contributed by atoms with van der Waals surface area (Å²) in [4.78, 5) is 15.0. The Labute approximate surface area is 186 Å². The smallest absolute Gasteiger partial charge is 0.247 e. The van der Waals surface area contributed by atoms with Crippen molar-refractivity contribution < 1.29 is 17.9 Å². The lowest BCUT2D eigenvalue weighted by Crippen LogP contribution is -2.45. The van der Waals surface area contributed by atoms with Crippen LogP contribution in [0.3, 0.4) is 0 Å². The number of anilines is 3. The minimum absolute atomic E-state index is 0.223.